The van der Waals surface area contributed by atoms with Gasteiger partial charge in [0.2, 0.25) is 0 Å². The number of rotatable bonds is 5. The SMILES string of the molecule is Cc1cccc(C2=CCN(CCCn3c(=O)[nH]c4cccc(C)c4c3=O)CC2)c1. The number of aromatic amines is 1. The van der Waals surface area contributed by atoms with E-state index in [1.54, 1.807) is 6.07 Å². The fourth-order valence-corrected chi connectivity index (χ4v) is 4.14. The van der Waals surface area contributed by atoms with Gasteiger partial charge in [0.15, 0.2) is 0 Å². The topological polar surface area (TPSA) is 58.1 Å². The fraction of sp³-hybridized carbons (Fsp3) is 0.333. The molecule has 2 aromatic carbocycles. The standard InChI is InChI=1S/C24H27N3O2/c1-17-6-3-8-20(16-17)19-10-14-26(15-11-19)12-5-13-27-23(28)22-18(2)7-4-9-21(22)25-24(27)29/h3-4,6-10,16H,5,11-15H2,1-2H3,(H,25,29). The highest BCUT2D eigenvalue weighted by Crippen LogP contribution is 2.23. The summed E-state index contributed by atoms with van der Waals surface area (Å²) in [5.41, 5.74) is 4.99. The Bertz CT molecular complexity index is 1190. The molecule has 1 aliphatic heterocycles. The van der Waals surface area contributed by atoms with E-state index in [2.05, 4.69) is 47.1 Å². The molecule has 0 spiro atoms. The van der Waals surface area contributed by atoms with Gasteiger partial charge in [-0.3, -0.25) is 14.3 Å². The molecule has 4 rings (SSSR count). The maximum absolute atomic E-state index is 12.8. The summed E-state index contributed by atoms with van der Waals surface area (Å²) < 4.78 is 1.34. The van der Waals surface area contributed by atoms with Gasteiger partial charge >= 0.3 is 5.69 Å². The molecule has 0 bridgehead atoms. The lowest BCUT2D eigenvalue weighted by molar-refractivity contribution is 0.290. The smallest absolute Gasteiger partial charge is 0.307 e. The van der Waals surface area contributed by atoms with Crippen LogP contribution in [0, 0.1) is 13.8 Å². The van der Waals surface area contributed by atoms with E-state index in [0.29, 0.717) is 17.4 Å². The predicted octanol–water partition coefficient (Wildman–Crippen LogP) is 3.49. The van der Waals surface area contributed by atoms with Crippen molar-refractivity contribution in [2.24, 2.45) is 0 Å². The molecule has 0 radical (unpaired) electrons. The third-order valence-electron chi connectivity index (χ3n) is 5.76. The quantitative estimate of drug-likeness (QED) is 0.727. The monoisotopic (exact) mass is 389 g/mol. The van der Waals surface area contributed by atoms with Crippen molar-refractivity contribution in [1.29, 1.82) is 0 Å². The van der Waals surface area contributed by atoms with Gasteiger partial charge in [0.1, 0.15) is 0 Å². The van der Waals surface area contributed by atoms with Crippen molar-refractivity contribution in [2.75, 3.05) is 19.6 Å². The minimum absolute atomic E-state index is 0.192. The minimum Gasteiger partial charge on any atom is -0.307 e. The summed E-state index contributed by atoms with van der Waals surface area (Å²) >= 11 is 0. The van der Waals surface area contributed by atoms with Crippen LogP contribution < -0.4 is 11.2 Å². The van der Waals surface area contributed by atoms with Crippen molar-refractivity contribution >= 4 is 16.5 Å². The molecule has 0 saturated heterocycles. The number of H-pyrrole nitrogens is 1. The zero-order valence-corrected chi connectivity index (χ0v) is 17.1. The normalized spacial score (nSPS) is 14.9. The Labute approximate surface area is 170 Å². The largest absolute Gasteiger partial charge is 0.328 e. The van der Waals surface area contributed by atoms with Crippen LogP contribution in [0.3, 0.4) is 0 Å². The second kappa shape index (κ2) is 8.21. The first kappa shape index (κ1) is 19.4. The zero-order valence-electron chi connectivity index (χ0n) is 17.1. The first-order valence-corrected chi connectivity index (χ1v) is 10.2. The molecule has 150 valence electrons. The van der Waals surface area contributed by atoms with Crippen molar-refractivity contribution in [2.45, 2.75) is 33.2 Å². The highest BCUT2D eigenvalue weighted by atomic mass is 16.2. The number of benzene rings is 2. The Hall–Kier alpha value is -2.92. The average molecular weight is 389 g/mol. The lowest BCUT2D eigenvalue weighted by Gasteiger charge is -2.26. The first-order chi connectivity index (χ1) is 14.0. The van der Waals surface area contributed by atoms with Crippen LogP contribution in [0.25, 0.3) is 16.5 Å². The van der Waals surface area contributed by atoms with Crippen LogP contribution in [0.2, 0.25) is 0 Å². The molecule has 3 aromatic rings. The van der Waals surface area contributed by atoms with Gasteiger partial charge in [0.25, 0.3) is 5.56 Å². The summed E-state index contributed by atoms with van der Waals surface area (Å²) in [6.07, 6.45) is 4.10. The van der Waals surface area contributed by atoms with E-state index >= 15 is 0 Å². The van der Waals surface area contributed by atoms with Crippen LogP contribution >= 0.6 is 0 Å². The summed E-state index contributed by atoms with van der Waals surface area (Å²) in [6, 6.07) is 14.2. The van der Waals surface area contributed by atoms with Gasteiger partial charge < -0.3 is 4.98 Å². The van der Waals surface area contributed by atoms with Crippen LogP contribution in [-0.2, 0) is 6.54 Å². The van der Waals surface area contributed by atoms with Gasteiger partial charge in [-0.05, 0) is 49.5 Å². The molecule has 0 amide bonds. The van der Waals surface area contributed by atoms with Crippen molar-refractivity contribution in [3.63, 3.8) is 0 Å². The van der Waals surface area contributed by atoms with Gasteiger partial charge in [-0.25, -0.2) is 4.79 Å². The van der Waals surface area contributed by atoms with Crippen LogP contribution in [0.5, 0.6) is 0 Å². The fourth-order valence-electron chi connectivity index (χ4n) is 4.14. The summed E-state index contributed by atoms with van der Waals surface area (Å²) in [6.45, 7) is 7.24. The summed E-state index contributed by atoms with van der Waals surface area (Å²) in [5.74, 6) is 0. The molecule has 29 heavy (non-hydrogen) atoms. The second-order valence-corrected chi connectivity index (χ2v) is 7.89. The Kier molecular flexibility index (Phi) is 5.49. The summed E-state index contributed by atoms with van der Waals surface area (Å²) in [7, 11) is 0. The second-order valence-electron chi connectivity index (χ2n) is 7.89. The summed E-state index contributed by atoms with van der Waals surface area (Å²) in [4.78, 5) is 30.4. The molecule has 5 nitrogen and oxygen atoms in total. The lowest BCUT2D eigenvalue weighted by Crippen LogP contribution is -2.37. The van der Waals surface area contributed by atoms with E-state index in [0.717, 1.165) is 38.0 Å². The van der Waals surface area contributed by atoms with Gasteiger partial charge in [0.05, 0.1) is 10.9 Å². The molecule has 1 N–H and O–H groups in total. The Morgan fingerprint density at radius 1 is 1.03 bits per heavy atom. The maximum Gasteiger partial charge on any atom is 0.328 e. The van der Waals surface area contributed by atoms with E-state index in [1.165, 1.54) is 21.3 Å². The van der Waals surface area contributed by atoms with Gasteiger partial charge in [-0.2, -0.15) is 0 Å². The molecule has 2 heterocycles. The molecule has 0 saturated carbocycles. The molecule has 1 aromatic heterocycles. The van der Waals surface area contributed by atoms with E-state index in [1.807, 2.05) is 19.1 Å². The zero-order chi connectivity index (χ0) is 20.4. The number of nitrogens with zero attached hydrogens (tertiary/aromatic N) is 2. The van der Waals surface area contributed by atoms with Gasteiger partial charge in [-0.1, -0.05) is 48.0 Å². The molecule has 0 fully saturated rings. The number of hydrogen-bond acceptors (Lipinski definition) is 3. The van der Waals surface area contributed by atoms with E-state index in [9.17, 15) is 9.59 Å². The van der Waals surface area contributed by atoms with Crippen LogP contribution in [0.4, 0.5) is 0 Å². The molecule has 5 heteroatoms. The number of aromatic nitrogens is 2. The van der Waals surface area contributed by atoms with Crippen LogP contribution in [0.15, 0.2) is 58.1 Å². The van der Waals surface area contributed by atoms with Crippen molar-refractivity contribution in [3.8, 4) is 0 Å². The Morgan fingerprint density at radius 3 is 2.62 bits per heavy atom. The molecule has 0 aliphatic carbocycles. The third-order valence-corrected chi connectivity index (χ3v) is 5.76. The van der Waals surface area contributed by atoms with Crippen LogP contribution in [-0.4, -0.2) is 34.1 Å². The molecule has 0 unspecified atom stereocenters. The third kappa shape index (κ3) is 4.10. The maximum atomic E-state index is 12.8. The van der Waals surface area contributed by atoms with E-state index in [-0.39, 0.29) is 11.2 Å². The Balaban J connectivity index is 1.41. The van der Waals surface area contributed by atoms with Crippen molar-refractivity contribution in [1.82, 2.24) is 14.5 Å². The Morgan fingerprint density at radius 2 is 1.86 bits per heavy atom. The lowest BCUT2D eigenvalue weighted by atomic mass is 9.98. The van der Waals surface area contributed by atoms with Crippen molar-refractivity contribution < 1.29 is 0 Å². The van der Waals surface area contributed by atoms with Gasteiger partial charge in [0, 0.05) is 26.2 Å². The highest BCUT2D eigenvalue weighted by Gasteiger charge is 2.14. The summed E-state index contributed by atoms with van der Waals surface area (Å²) in [5, 5.41) is 0.607. The average Bonchev–Trinajstić information content (AvgIpc) is 2.71. The van der Waals surface area contributed by atoms with E-state index < -0.39 is 0 Å². The predicted molar refractivity (Wildman–Crippen MR) is 118 cm³/mol. The van der Waals surface area contributed by atoms with Crippen LogP contribution in [0.1, 0.15) is 29.5 Å². The molecular weight excluding hydrogens is 362 g/mol. The molecular formula is C24H27N3O2. The number of nitrogens with one attached hydrogen (secondary N) is 1. The number of hydrogen-bond donors (Lipinski definition) is 1. The van der Waals surface area contributed by atoms with Crippen molar-refractivity contribution in [3.05, 3.63) is 86.1 Å². The van der Waals surface area contributed by atoms with Gasteiger partial charge in [-0.15, -0.1) is 0 Å². The number of fused-ring (bicyclic) bond motifs is 1. The molecule has 0 atom stereocenters. The van der Waals surface area contributed by atoms with E-state index in [4.69, 9.17) is 0 Å². The first-order valence-electron chi connectivity index (χ1n) is 10.2. The molecule has 1 aliphatic rings. The minimum atomic E-state index is -0.326. The highest BCUT2D eigenvalue weighted by molar-refractivity contribution is 5.80. The number of aryl methyl sites for hydroxylation is 2.